The van der Waals surface area contributed by atoms with Crippen molar-refractivity contribution < 1.29 is 0 Å². The Bertz CT molecular complexity index is 3180. The molecule has 0 aliphatic heterocycles. The number of aromatic nitrogens is 2. The fourth-order valence-corrected chi connectivity index (χ4v) is 8.47. The van der Waals surface area contributed by atoms with Crippen LogP contribution in [0, 0.1) is 0 Å². The maximum Gasteiger partial charge on any atom is 0.0547 e. The Kier molecular flexibility index (Phi) is 6.90. The minimum Gasteiger partial charge on any atom is -0.309 e. The molecule has 0 aliphatic carbocycles. The van der Waals surface area contributed by atoms with Crippen molar-refractivity contribution in [3.05, 3.63) is 206 Å². The van der Waals surface area contributed by atoms with Crippen molar-refractivity contribution in [3.63, 3.8) is 0 Å². The second kappa shape index (κ2) is 12.2. The fourth-order valence-electron chi connectivity index (χ4n) is 8.47. The van der Waals surface area contributed by atoms with Gasteiger partial charge in [0.05, 0.1) is 22.1 Å². The molecule has 0 radical (unpaired) electrons. The molecule has 0 fully saturated rings. The van der Waals surface area contributed by atoms with Gasteiger partial charge in [0.15, 0.2) is 0 Å². The first-order valence-electron chi connectivity index (χ1n) is 18.6. The van der Waals surface area contributed by atoms with Gasteiger partial charge in [0.1, 0.15) is 0 Å². The van der Waals surface area contributed by atoms with Crippen LogP contribution in [0.1, 0.15) is 0 Å². The van der Waals surface area contributed by atoms with Crippen molar-refractivity contribution >= 4 is 54.4 Å². The topological polar surface area (TPSA) is 9.86 Å². The Hall–Kier alpha value is -7.16. The van der Waals surface area contributed by atoms with Crippen LogP contribution in [0.4, 0.5) is 0 Å². The predicted octanol–water partition coefficient (Wildman–Crippen LogP) is 14.0. The lowest BCUT2D eigenvalue weighted by atomic mass is 9.99. The third kappa shape index (κ3) is 4.88. The molecular weight excluding hydrogens is 653 g/mol. The minimum atomic E-state index is 1.16. The average molecular weight is 687 g/mol. The molecule has 0 saturated carbocycles. The molecule has 11 rings (SSSR count). The van der Waals surface area contributed by atoms with E-state index in [4.69, 9.17) is 0 Å². The Morgan fingerprint density at radius 3 is 1.43 bits per heavy atom. The highest BCUT2D eigenvalue weighted by Crippen LogP contribution is 2.40. The molecule has 2 heterocycles. The summed E-state index contributed by atoms with van der Waals surface area (Å²) >= 11 is 0. The average Bonchev–Trinajstić information content (AvgIpc) is 3.76. The Morgan fingerprint density at radius 2 is 0.685 bits per heavy atom. The van der Waals surface area contributed by atoms with Gasteiger partial charge in [-0.15, -0.1) is 0 Å². The highest BCUT2D eigenvalue weighted by atomic mass is 15.0. The summed E-state index contributed by atoms with van der Waals surface area (Å²) in [6.45, 7) is 0. The van der Waals surface area contributed by atoms with Crippen molar-refractivity contribution in [1.29, 1.82) is 0 Å². The summed E-state index contributed by atoms with van der Waals surface area (Å²) in [6, 6.07) is 75.2. The monoisotopic (exact) mass is 686 g/mol. The van der Waals surface area contributed by atoms with Gasteiger partial charge in [-0.25, -0.2) is 0 Å². The molecule has 0 atom stereocenters. The van der Waals surface area contributed by atoms with E-state index >= 15 is 0 Å². The first-order valence-corrected chi connectivity index (χ1v) is 18.6. The van der Waals surface area contributed by atoms with Crippen molar-refractivity contribution in [2.75, 3.05) is 0 Å². The standard InChI is InChI=1S/C52H34N2/c1-3-11-35(12-4-1)37-21-26-44(27-22-37)53-49-18-10-9-17-45(49)47-32-40(24-29-50(47)53)41-25-30-51-48(33-41)46-28-23-42(34-52(46)54(51)43-15-5-2-6-16-43)39-20-19-36-13-7-8-14-38(36)31-39/h1-34H. The molecule has 2 aromatic heterocycles. The van der Waals surface area contributed by atoms with E-state index < -0.39 is 0 Å². The van der Waals surface area contributed by atoms with Crippen molar-refractivity contribution in [3.8, 4) is 44.8 Å². The zero-order valence-corrected chi connectivity index (χ0v) is 29.5. The van der Waals surface area contributed by atoms with E-state index in [0.717, 1.165) is 11.4 Å². The summed E-state index contributed by atoms with van der Waals surface area (Å²) < 4.78 is 4.81. The number of nitrogens with zero attached hydrogens (tertiary/aromatic N) is 2. The predicted molar refractivity (Wildman–Crippen MR) is 229 cm³/mol. The van der Waals surface area contributed by atoms with Gasteiger partial charge in [-0.2, -0.15) is 0 Å². The Balaban J connectivity index is 1.06. The van der Waals surface area contributed by atoms with Gasteiger partial charge in [-0.3, -0.25) is 0 Å². The summed E-state index contributed by atoms with van der Waals surface area (Å²) in [5.74, 6) is 0. The van der Waals surface area contributed by atoms with E-state index in [2.05, 4.69) is 215 Å². The van der Waals surface area contributed by atoms with Crippen molar-refractivity contribution in [2.24, 2.45) is 0 Å². The van der Waals surface area contributed by atoms with Crippen LogP contribution < -0.4 is 0 Å². The molecule has 0 spiro atoms. The fraction of sp³-hybridized carbons (Fsp3) is 0. The van der Waals surface area contributed by atoms with Crippen LogP contribution >= 0.6 is 0 Å². The quantitative estimate of drug-likeness (QED) is 0.171. The third-order valence-corrected chi connectivity index (χ3v) is 11.1. The summed E-state index contributed by atoms with van der Waals surface area (Å²) in [6.07, 6.45) is 0. The van der Waals surface area contributed by atoms with Gasteiger partial charge < -0.3 is 9.13 Å². The molecule has 54 heavy (non-hydrogen) atoms. The van der Waals surface area contributed by atoms with Crippen LogP contribution in [0.2, 0.25) is 0 Å². The van der Waals surface area contributed by atoms with Crippen LogP contribution in [-0.2, 0) is 0 Å². The van der Waals surface area contributed by atoms with Crippen LogP contribution in [0.5, 0.6) is 0 Å². The highest BCUT2D eigenvalue weighted by molar-refractivity contribution is 6.13. The van der Waals surface area contributed by atoms with Crippen molar-refractivity contribution in [2.45, 2.75) is 0 Å². The summed E-state index contributed by atoms with van der Waals surface area (Å²) in [7, 11) is 0. The van der Waals surface area contributed by atoms with E-state index in [1.165, 1.54) is 87.8 Å². The molecule has 11 aromatic rings. The Labute approximate surface area is 313 Å². The molecule has 252 valence electrons. The molecule has 0 bridgehead atoms. The van der Waals surface area contributed by atoms with E-state index in [9.17, 15) is 0 Å². The molecule has 0 N–H and O–H groups in total. The number of hydrogen-bond acceptors (Lipinski definition) is 0. The van der Waals surface area contributed by atoms with E-state index in [1.807, 2.05) is 0 Å². The normalized spacial score (nSPS) is 11.7. The Morgan fingerprint density at radius 1 is 0.222 bits per heavy atom. The summed E-state index contributed by atoms with van der Waals surface area (Å²) in [5.41, 5.74) is 14.4. The third-order valence-electron chi connectivity index (χ3n) is 11.1. The van der Waals surface area contributed by atoms with E-state index in [-0.39, 0.29) is 0 Å². The number of fused-ring (bicyclic) bond motifs is 7. The van der Waals surface area contributed by atoms with Gasteiger partial charge >= 0.3 is 0 Å². The van der Waals surface area contributed by atoms with Gasteiger partial charge in [0.2, 0.25) is 0 Å². The first-order chi connectivity index (χ1) is 26.8. The van der Waals surface area contributed by atoms with Gasteiger partial charge in [-0.05, 0) is 111 Å². The lowest BCUT2D eigenvalue weighted by Crippen LogP contribution is -1.94. The zero-order valence-electron chi connectivity index (χ0n) is 29.5. The van der Waals surface area contributed by atoms with Crippen molar-refractivity contribution in [1.82, 2.24) is 9.13 Å². The highest BCUT2D eigenvalue weighted by Gasteiger charge is 2.17. The number of para-hydroxylation sites is 2. The lowest BCUT2D eigenvalue weighted by Gasteiger charge is -2.10. The molecule has 9 aromatic carbocycles. The summed E-state index contributed by atoms with van der Waals surface area (Å²) in [5, 5.41) is 7.51. The van der Waals surface area contributed by atoms with Crippen LogP contribution in [0.25, 0.3) is 99.1 Å². The maximum atomic E-state index is 2.42. The largest absolute Gasteiger partial charge is 0.309 e. The van der Waals surface area contributed by atoms with Crippen LogP contribution in [0.3, 0.4) is 0 Å². The van der Waals surface area contributed by atoms with Gasteiger partial charge in [0.25, 0.3) is 0 Å². The number of benzene rings is 9. The summed E-state index contributed by atoms with van der Waals surface area (Å²) in [4.78, 5) is 0. The van der Waals surface area contributed by atoms with Gasteiger partial charge in [-0.1, -0.05) is 140 Å². The van der Waals surface area contributed by atoms with Crippen LogP contribution in [0.15, 0.2) is 206 Å². The maximum absolute atomic E-state index is 2.42. The molecule has 0 unspecified atom stereocenters. The van der Waals surface area contributed by atoms with Crippen LogP contribution in [-0.4, -0.2) is 9.13 Å². The molecule has 0 amide bonds. The molecule has 2 heteroatoms. The second-order valence-electron chi connectivity index (χ2n) is 14.2. The number of hydrogen-bond donors (Lipinski definition) is 0. The smallest absolute Gasteiger partial charge is 0.0547 e. The first kappa shape index (κ1) is 30.5. The van der Waals surface area contributed by atoms with E-state index in [1.54, 1.807) is 0 Å². The minimum absolute atomic E-state index is 1.16. The second-order valence-corrected chi connectivity index (χ2v) is 14.2. The zero-order chi connectivity index (χ0) is 35.6. The van der Waals surface area contributed by atoms with Gasteiger partial charge in [0, 0.05) is 32.9 Å². The molecule has 0 saturated heterocycles. The molecule has 0 aliphatic rings. The lowest BCUT2D eigenvalue weighted by molar-refractivity contribution is 1.18. The SMILES string of the molecule is c1ccc(-c2ccc(-n3c4ccccc4c4cc(-c5ccc6c(c5)c5ccc(-c7ccc8ccccc8c7)cc5n6-c5ccccc5)ccc43)cc2)cc1. The molecule has 2 nitrogen and oxygen atoms in total. The molecular formula is C52H34N2. The van der Waals surface area contributed by atoms with E-state index in [0.29, 0.717) is 0 Å². The number of rotatable bonds is 5.